The standard InChI is InChI=1S/C12H9BrIN3S/c13-9-6-7(14)3-4-10(9)17-12-8(11(15)18)2-1-5-16-12/h1-6H,(H2,15,18)(H,16,17). The third-order valence-electron chi connectivity index (χ3n) is 2.26. The highest BCUT2D eigenvalue weighted by Gasteiger charge is 2.08. The zero-order chi connectivity index (χ0) is 13.1. The van der Waals surface area contributed by atoms with Crippen molar-refractivity contribution in [3.63, 3.8) is 0 Å². The minimum atomic E-state index is 0.326. The molecule has 0 saturated heterocycles. The Balaban J connectivity index is 2.37. The summed E-state index contributed by atoms with van der Waals surface area (Å²) in [4.78, 5) is 4.58. The molecule has 0 aliphatic rings. The summed E-state index contributed by atoms with van der Waals surface area (Å²) in [6, 6.07) is 9.66. The van der Waals surface area contributed by atoms with Gasteiger partial charge in [0.1, 0.15) is 10.8 Å². The highest BCUT2D eigenvalue weighted by Crippen LogP contribution is 2.27. The molecule has 0 unspecified atom stereocenters. The Morgan fingerprint density at radius 3 is 2.83 bits per heavy atom. The predicted octanol–water partition coefficient (Wildman–Crippen LogP) is 3.83. The van der Waals surface area contributed by atoms with Gasteiger partial charge in [-0.1, -0.05) is 12.2 Å². The van der Waals surface area contributed by atoms with Gasteiger partial charge in [-0.25, -0.2) is 4.98 Å². The molecule has 92 valence electrons. The highest BCUT2D eigenvalue weighted by molar-refractivity contribution is 14.1. The summed E-state index contributed by atoms with van der Waals surface area (Å²) in [5, 5.41) is 3.22. The van der Waals surface area contributed by atoms with Crippen molar-refractivity contribution in [3.05, 3.63) is 50.1 Å². The lowest BCUT2D eigenvalue weighted by Crippen LogP contribution is -2.12. The summed E-state index contributed by atoms with van der Waals surface area (Å²) in [6.45, 7) is 0. The Morgan fingerprint density at radius 2 is 2.17 bits per heavy atom. The molecule has 1 aromatic carbocycles. The molecule has 3 N–H and O–H groups in total. The van der Waals surface area contributed by atoms with Crippen LogP contribution in [-0.2, 0) is 0 Å². The maximum Gasteiger partial charge on any atom is 0.140 e. The van der Waals surface area contributed by atoms with Crippen LogP contribution in [0.5, 0.6) is 0 Å². The molecule has 2 aromatic rings. The molecule has 0 radical (unpaired) electrons. The highest BCUT2D eigenvalue weighted by atomic mass is 127. The quantitative estimate of drug-likeness (QED) is 0.570. The number of nitrogens with zero attached hydrogens (tertiary/aromatic N) is 1. The molecule has 1 heterocycles. The Labute approximate surface area is 132 Å². The maximum atomic E-state index is 5.67. The number of rotatable bonds is 3. The largest absolute Gasteiger partial charge is 0.389 e. The van der Waals surface area contributed by atoms with Crippen molar-refractivity contribution >= 4 is 67.2 Å². The second-order valence-electron chi connectivity index (χ2n) is 3.51. The first kappa shape index (κ1) is 13.7. The summed E-state index contributed by atoms with van der Waals surface area (Å²) in [6.07, 6.45) is 1.70. The monoisotopic (exact) mass is 433 g/mol. The van der Waals surface area contributed by atoms with Crippen LogP contribution in [-0.4, -0.2) is 9.97 Å². The third-order valence-corrected chi connectivity index (χ3v) is 3.80. The number of hydrogen-bond acceptors (Lipinski definition) is 3. The van der Waals surface area contributed by atoms with Gasteiger partial charge in [0.2, 0.25) is 0 Å². The van der Waals surface area contributed by atoms with Crippen LogP contribution in [0, 0.1) is 3.57 Å². The van der Waals surface area contributed by atoms with Crippen LogP contribution in [0.2, 0.25) is 0 Å². The zero-order valence-corrected chi connectivity index (χ0v) is 13.7. The van der Waals surface area contributed by atoms with Crippen molar-refractivity contribution in [1.82, 2.24) is 4.98 Å². The fourth-order valence-electron chi connectivity index (χ4n) is 1.42. The van der Waals surface area contributed by atoms with E-state index in [0.717, 1.165) is 19.3 Å². The second kappa shape index (κ2) is 5.94. The molecule has 6 heteroatoms. The van der Waals surface area contributed by atoms with Crippen molar-refractivity contribution in [2.75, 3.05) is 5.32 Å². The molecule has 0 spiro atoms. The number of aromatic nitrogens is 1. The average Bonchev–Trinajstić information content (AvgIpc) is 2.33. The number of benzene rings is 1. The summed E-state index contributed by atoms with van der Waals surface area (Å²) < 4.78 is 2.12. The van der Waals surface area contributed by atoms with E-state index in [1.54, 1.807) is 6.20 Å². The molecular formula is C12H9BrIN3S. The lowest BCUT2D eigenvalue weighted by molar-refractivity contribution is 1.29. The molecule has 0 bridgehead atoms. The lowest BCUT2D eigenvalue weighted by atomic mass is 10.2. The first-order valence-electron chi connectivity index (χ1n) is 5.05. The van der Waals surface area contributed by atoms with Gasteiger partial charge >= 0.3 is 0 Å². The van der Waals surface area contributed by atoms with E-state index in [0.29, 0.717) is 10.8 Å². The van der Waals surface area contributed by atoms with E-state index in [2.05, 4.69) is 48.8 Å². The number of hydrogen-bond donors (Lipinski definition) is 2. The van der Waals surface area contributed by atoms with Crippen LogP contribution < -0.4 is 11.1 Å². The first-order chi connectivity index (χ1) is 8.58. The number of pyridine rings is 1. The van der Waals surface area contributed by atoms with E-state index >= 15 is 0 Å². The minimum absolute atomic E-state index is 0.326. The molecular weight excluding hydrogens is 425 g/mol. The van der Waals surface area contributed by atoms with Gasteiger partial charge in [0.05, 0.1) is 11.3 Å². The molecule has 0 aliphatic heterocycles. The number of halogens is 2. The number of thiocarbonyl (C=S) groups is 1. The zero-order valence-electron chi connectivity index (χ0n) is 9.15. The third kappa shape index (κ3) is 3.18. The van der Waals surface area contributed by atoms with Gasteiger partial charge in [0, 0.05) is 14.2 Å². The molecule has 3 nitrogen and oxygen atoms in total. The smallest absolute Gasteiger partial charge is 0.140 e. The molecule has 0 saturated carbocycles. The van der Waals surface area contributed by atoms with E-state index < -0.39 is 0 Å². The summed E-state index contributed by atoms with van der Waals surface area (Å²) >= 11 is 10.8. The van der Waals surface area contributed by atoms with Crippen LogP contribution in [0.15, 0.2) is 41.0 Å². The second-order valence-corrected chi connectivity index (χ2v) is 6.05. The van der Waals surface area contributed by atoms with Gasteiger partial charge in [0.25, 0.3) is 0 Å². The van der Waals surface area contributed by atoms with Crippen molar-refractivity contribution < 1.29 is 0 Å². The number of nitrogens with two attached hydrogens (primary N) is 1. The maximum absolute atomic E-state index is 5.67. The van der Waals surface area contributed by atoms with Crippen LogP contribution >= 0.6 is 50.7 Å². The van der Waals surface area contributed by atoms with Crippen molar-refractivity contribution in [1.29, 1.82) is 0 Å². The van der Waals surface area contributed by atoms with Gasteiger partial charge in [-0.3, -0.25) is 0 Å². The Morgan fingerprint density at radius 1 is 1.39 bits per heavy atom. The van der Waals surface area contributed by atoms with Crippen LogP contribution in [0.4, 0.5) is 11.5 Å². The average molecular weight is 434 g/mol. The van der Waals surface area contributed by atoms with E-state index in [-0.39, 0.29) is 0 Å². The topological polar surface area (TPSA) is 50.9 Å². The van der Waals surface area contributed by atoms with E-state index in [9.17, 15) is 0 Å². The molecule has 18 heavy (non-hydrogen) atoms. The van der Waals surface area contributed by atoms with Crippen LogP contribution in [0.25, 0.3) is 0 Å². The van der Waals surface area contributed by atoms with Gasteiger partial charge in [0.15, 0.2) is 0 Å². The van der Waals surface area contributed by atoms with E-state index in [1.165, 1.54) is 0 Å². The summed E-state index contributed by atoms with van der Waals surface area (Å²) in [7, 11) is 0. The number of anilines is 2. The first-order valence-corrected chi connectivity index (χ1v) is 7.33. The fraction of sp³-hybridized carbons (Fsp3) is 0. The van der Waals surface area contributed by atoms with Gasteiger partial charge in [-0.2, -0.15) is 0 Å². The van der Waals surface area contributed by atoms with Crippen molar-refractivity contribution in [2.45, 2.75) is 0 Å². The Hall–Kier alpha value is -0.730. The van der Waals surface area contributed by atoms with Gasteiger partial charge in [-0.15, -0.1) is 0 Å². The van der Waals surface area contributed by atoms with E-state index in [1.807, 2.05) is 30.3 Å². The van der Waals surface area contributed by atoms with Gasteiger partial charge < -0.3 is 11.1 Å². The SMILES string of the molecule is NC(=S)c1cccnc1Nc1ccc(I)cc1Br. The van der Waals surface area contributed by atoms with Crippen molar-refractivity contribution in [3.8, 4) is 0 Å². The van der Waals surface area contributed by atoms with Gasteiger partial charge in [-0.05, 0) is 68.9 Å². The van der Waals surface area contributed by atoms with Crippen molar-refractivity contribution in [2.24, 2.45) is 5.73 Å². The molecule has 0 atom stereocenters. The minimum Gasteiger partial charge on any atom is -0.389 e. The summed E-state index contributed by atoms with van der Waals surface area (Å²) in [5.74, 6) is 0.659. The number of nitrogens with one attached hydrogen (secondary N) is 1. The fourth-order valence-corrected chi connectivity index (χ4v) is 2.98. The Kier molecular flexibility index (Phi) is 4.52. The predicted molar refractivity (Wildman–Crippen MR) is 90.3 cm³/mol. The van der Waals surface area contributed by atoms with E-state index in [4.69, 9.17) is 18.0 Å². The summed E-state index contributed by atoms with van der Waals surface area (Å²) in [5.41, 5.74) is 7.33. The van der Waals surface area contributed by atoms with Crippen LogP contribution in [0.3, 0.4) is 0 Å². The Bertz CT molecular complexity index is 604. The molecule has 2 rings (SSSR count). The molecule has 0 fully saturated rings. The molecule has 0 aliphatic carbocycles. The molecule has 1 aromatic heterocycles. The lowest BCUT2D eigenvalue weighted by Gasteiger charge is -2.11. The molecule has 0 amide bonds. The van der Waals surface area contributed by atoms with Crippen LogP contribution in [0.1, 0.15) is 5.56 Å². The normalized spacial score (nSPS) is 10.1.